The van der Waals surface area contributed by atoms with Crippen molar-refractivity contribution < 1.29 is 9.53 Å². The molecule has 16 heavy (non-hydrogen) atoms. The maximum Gasteiger partial charge on any atom is 0.251 e. The number of rotatable bonds is 4. The predicted octanol–water partition coefficient (Wildman–Crippen LogP) is 0.766. The van der Waals surface area contributed by atoms with Crippen LogP contribution >= 0.6 is 0 Å². The molecule has 4 heteroatoms. The Morgan fingerprint density at radius 2 is 2.19 bits per heavy atom. The van der Waals surface area contributed by atoms with Crippen molar-refractivity contribution in [1.29, 1.82) is 0 Å². The topological polar surface area (TPSA) is 41.6 Å². The molecule has 92 valence electrons. The Labute approximate surface area is 97.3 Å². The van der Waals surface area contributed by atoms with Crippen LogP contribution in [0.1, 0.15) is 32.6 Å². The van der Waals surface area contributed by atoms with E-state index >= 15 is 0 Å². The van der Waals surface area contributed by atoms with Crippen LogP contribution in [0.5, 0.6) is 0 Å². The summed E-state index contributed by atoms with van der Waals surface area (Å²) in [7, 11) is 0. The van der Waals surface area contributed by atoms with Crippen LogP contribution in [0.25, 0.3) is 0 Å². The highest BCUT2D eigenvalue weighted by atomic mass is 16.5. The van der Waals surface area contributed by atoms with Crippen LogP contribution in [0.15, 0.2) is 0 Å². The van der Waals surface area contributed by atoms with Gasteiger partial charge in [0.2, 0.25) is 0 Å². The van der Waals surface area contributed by atoms with Crippen LogP contribution in [0.4, 0.5) is 0 Å². The molecule has 2 aliphatic heterocycles. The lowest BCUT2D eigenvalue weighted by atomic mass is 10.2. The summed E-state index contributed by atoms with van der Waals surface area (Å²) in [4.78, 5) is 13.9. The Balaban J connectivity index is 1.69. The van der Waals surface area contributed by atoms with Gasteiger partial charge in [0.1, 0.15) is 6.10 Å². The molecule has 2 heterocycles. The zero-order valence-electron chi connectivity index (χ0n) is 10.1. The van der Waals surface area contributed by atoms with Gasteiger partial charge in [-0.15, -0.1) is 0 Å². The van der Waals surface area contributed by atoms with E-state index in [0.29, 0.717) is 12.6 Å². The molecule has 0 aliphatic carbocycles. The van der Waals surface area contributed by atoms with Gasteiger partial charge < -0.3 is 15.0 Å². The first-order valence-corrected chi connectivity index (χ1v) is 6.41. The quantitative estimate of drug-likeness (QED) is 0.769. The lowest BCUT2D eigenvalue weighted by molar-refractivity contribution is -0.141. The number of nitrogens with one attached hydrogen (secondary N) is 1. The minimum atomic E-state index is -0.277. The summed E-state index contributed by atoms with van der Waals surface area (Å²) < 4.78 is 5.65. The third kappa shape index (κ3) is 2.95. The highest BCUT2D eigenvalue weighted by Gasteiger charge is 2.24. The Morgan fingerprint density at radius 1 is 1.44 bits per heavy atom. The zero-order chi connectivity index (χ0) is 11.4. The second-order valence-electron chi connectivity index (χ2n) is 4.80. The van der Waals surface area contributed by atoms with Crippen LogP contribution in [0.3, 0.4) is 0 Å². The number of carbonyl (C=O) groups excluding carboxylic acids is 1. The van der Waals surface area contributed by atoms with Crippen molar-refractivity contribution in [1.82, 2.24) is 10.2 Å². The van der Waals surface area contributed by atoms with E-state index in [0.717, 1.165) is 32.5 Å². The van der Waals surface area contributed by atoms with Crippen molar-refractivity contribution in [3.05, 3.63) is 0 Å². The smallest absolute Gasteiger partial charge is 0.251 e. The fourth-order valence-corrected chi connectivity index (χ4v) is 2.43. The molecule has 2 aliphatic rings. The highest BCUT2D eigenvalue weighted by molar-refractivity contribution is 5.80. The first kappa shape index (κ1) is 11.9. The minimum absolute atomic E-state index is 0.162. The van der Waals surface area contributed by atoms with Gasteiger partial charge >= 0.3 is 0 Å². The van der Waals surface area contributed by atoms with Gasteiger partial charge in [0.05, 0.1) is 6.61 Å². The van der Waals surface area contributed by atoms with Gasteiger partial charge in [0.15, 0.2) is 0 Å². The summed E-state index contributed by atoms with van der Waals surface area (Å²) in [6, 6.07) is 0.453. The Bertz CT molecular complexity index is 233. The van der Waals surface area contributed by atoms with E-state index in [1.807, 2.05) is 11.8 Å². The van der Waals surface area contributed by atoms with E-state index in [1.54, 1.807) is 0 Å². The molecule has 2 fully saturated rings. The summed E-state index contributed by atoms with van der Waals surface area (Å²) >= 11 is 0. The molecule has 1 N–H and O–H groups in total. The van der Waals surface area contributed by atoms with Gasteiger partial charge in [-0.25, -0.2) is 0 Å². The predicted molar refractivity (Wildman–Crippen MR) is 62.3 cm³/mol. The van der Waals surface area contributed by atoms with E-state index in [-0.39, 0.29) is 12.0 Å². The zero-order valence-corrected chi connectivity index (χ0v) is 10.1. The molecule has 1 amide bonds. The van der Waals surface area contributed by atoms with Crippen molar-refractivity contribution >= 4 is 5.91 Å². The molecule has 2 atom stereocenters. The third-order valence-corrected chi connectivity index (χ3v) is 3.48. The maximum absolute atomic E-state index is 11.9. The van der Waals surface area contributed by atoms with E-state index in [1.165, 1.54) is 12.8 Å². The van der Waals surface area contributed by atoms with E-state index in [2.05, 4.69) is 5.32 Å². The van der Waals surface area contributed by atoms with Gasteiger partial charge in [-0.3, -0.25) is 4.79 Å². The largest absolute Gasteiger partial charge is 0.367 e. The normalized spacial score (nSPS) is 27.3. The van der Waals surface area contributed by atoms with Gasteiger partial charge in [0, 0.05) is 19.1 Å². The Morgan fingerprint density at radius 3 is 2.81 bits per heavy atom. The number of hydrogen-bond donors (Lipinski definition) is 1. The summed E-state index contributed by atoms with van der Waals surface area (Å²) in [6.45, 7) is 5.45. The van der Waals surface area contributed by atoms with Gasteiger partial charge in [-0.1, -0.05) is 0 Å². The average Bonchev–Trinajstić information content (AvgIpc) is 2.96. The van der Waals surface area contributed by atoms with Crippen molar-refractivity contribution in [2.24, 2.45) is 0 Å². The van der Waals surface area contributed by atoms with E-state index < -0.39 is 0 Å². The molecular weight excluding hydrogens is 204 g/mol. The van der Waals surface area contributed by atoms with Crippen LogP contribution in [-0.2, 0) is 9.53 Å². The number of nitrogens with zero attached hydrogens (tertiary/aromatic N) is 1. The number of hydrogen-bond acceptors (Lipinski definition) is 3. The standard InChI is InChI=1S/C12H22N2O2/c1-10(12(15)14-7-2-3-8-14)16-9-11-5-4-6-13-11/h10-11,13H,2-9H2,1H3. The monoisotopic (exact) mass is 226 g/mol. The SMILES string of the molecule is CC(OCC1CCCN1)C(=O)N1CCCC1. The molecule has 0 bridgehead atoms. The van der Waals surface area contributed by atoms with Crippen molar-refractivity contribution in [2.45, 2.75) is 44.8 Å². The first-order chi connectivity index (χ1) is 7.77. The highest BCUT2D eigenvalue weighted by Crippen LogP contribution is 2.11. The van der Waals surface area contributed by atoms with E-state index in [9.17, 15) is 4.79 Å². The van der Waals surface area contributed by atoms with Gasteiger partial charge in [-0.05, 0) is 39.2 Å². The fourth-order valence-electron chi connectivity index (χ4n) is 2.43. The molecule has 0 aromatic rings. The molecule has 4 nitrogen and oxygen atoms in total. The second-order valence-corrected chi connectivity index (χ2v) is 4.80. The molecule has 0 aromatic heterocycles. The third-order valence-electron chi connectivity index (χ3n) is 3.48. The molecule has 0 aromatic carbocycles. The summed E-state index contributed by atoms with van der Waals surface area (Å²) in [5, 5.41) is 3.37. The molecule has 2 saturated heterocycles. The molecular formula is C12H22N2O2. The Hall–Kier alpha value is -0.610. The lowest BCUT2D eigenvalue weighted by Gasteiger charge is -2.21. The second kappa shape index (κ2) is 5.64. The van der Waals surface area contributed by atoms with Gasteiger partial charge in [0.25, 0.3) is 5.91 Å². The van der Waals surface area contributed by atoms with Crippen LogP contribution in [0, 0.1) is 0 Å². The summed E-state index contributed by atoms with van der Waals surface area (Å²) in [6.07, 6.45) is 4.40. The molecule has 0 spiro atoms. The first-order valence-electron chi connectivity index (χ1n) is 6.41. The van der Waals surface area contributed by atoms with E-state index in [4.69, 9.17) is 4.74 Å². The molecule has 0 saturated carbocycles. The van der Waals surface area contributed by atoms with Crippen molar-refractivity contribution in [3.63, 3.8) is 0 Å². The molecule has 0 radical (unpaired) electrons. The Kier molecular flexibility index (Phi) is 4.18. The lowest BCUT2D eigenvalue weighted by Crippen LogP contribution is -2.39. The minimum Gasteiger partial charge on any atom is -0.367 e. The van der Waals surface area contributed by atoms with Crippen LogP contribution < -0.4 is 5.32 Å². The van der Waals surface area contributed by atoms with Crippen molar-refractivity contribution in [3.8, 4) is 0 Å². The van der Waals surface area contributed by atoms with Crippen LogP contribution in [-0.4, -0.2) is 49.2 Å². The number of likely N-dealkylation sites (tertiary alicyclic amines) is 1. The number of carbonyl (C=O) groups is 1. The van der Waals surface area contributed by atoms with Crippen LogP contribution in [0.2, 0.25) is 0 Å². The molecule has 2 unspecified atom stereocenters. The number of ether oxygens (including phenoxy) is 1. The average molecular weight is 226 g/mol. The summed E-state index contributed by atoms with van der Waals surface area (Å²) in [5.41, 5.74) is 0. The number of amides is 1. The summed E-state index contributed by atoms with van der Waals surface area (Å²) in [5.74, 6) is 0.162. The van der Waals surface area contributed by atoms with Gasteiger partial charge in [-0.2, -0.15) is 0 Å². The fraction of sp³-hybridized carbons (Fsp3) is 0.917. The maximum atomic E-state index is 11.9. The van der Waals surface area contributed by atoms with Crippen molar-refractivity contribution in [2.75, 3.05) is 26.2 Å². The molecule has 2 rings (SSSR count).